The predicted molar refractivity (Wildman–Crippen MR) is 135 cm³/mol. The number of anilines is 1. The van der Waals surface area contributed by atoms with E-state index < -0.39 is 0 Å². The van der Waals surface area contributed by atoms with E-state index >= 15 is 0 Å². The Labute approximate surface area is 207 Å². The van der Waals surface area contributed by atoms with Crippen molar-refractivity contribution in [2.24, 2.45) is 5.92 Å². The zero-order valence-electron chi connectivity index (χ0n) is 19.3. The highest BCUT2D eigenvalue weighted by Gasteiger charge is 2.29. The van der Waals surface area contributed by atoms with Crippen molar-refractivity contribution in [1.82, 2.24) is 24.6 Å². The number of rotatable bonds is 5. The normalized spacial score (nSPS) is 14.3. The van der Waals surface area contributed by atoms with E-state index in [4.69, 9.17) is 16.6 Å². The number of pyridine rings is 2. The molecule has 9 heteroatoms. The molecule has 4 aromatic rings. The number of piperidine rings is 1. The molecular formula is C26H25ClN6O2. The first kappa shape index (κ1) is 23.0. The molecule has 1 aliphatic rings. The van der Waals surface area contributed by atoms with Crippen molar-refractivity contribution in [2.75, 3.05) is 18.4 Å². The lowest BCUT2D eigenvalue weighted by atomic mass is 9.95. The average molecular weight is 489 g/mol. The Morgan fingerprint density at radius 1 is 1.09 bits per heavy atom. The molecule has 8 nitrogen and oxygen atoms in total. The van der Waals surface area contributed by atoms with Gasteiger partial charge >= 0.3 is 0 Å². The standard InChI is InChI=1S/C26H25ClN6O2/c1-2-33-24-21(16-29-33)20(14-22(30-24)17-6-4-3-5-7-17)26(35)32-12-10-18(11-13-32)25(34)31-23-9-8-19(27)15-28-23/h3-9,14-16,18H,2,10-13H2,1H3,(H,28,31,34). The molecule has 1 aromatic carbocycles. The molecular weight excluding hydrogens is 464 g/mol. The molecule has 0 saturated carbocycles. The average Bonchev–Trinajstić information content (AvgIpc) is 3.33. The summed E-state index contributed by atoms with van der Waals surface area (Å²) >= 11 is 5.86. The van der Waals surface area contributed by atoms with Gasteiger partial charge in [-0.1, -0.05) is 41.9 Å². The van der Waals surface area contributed by atoms with Crippen molar-refractivity contribution in [2.45, 2.75) is 26.3 Å². The topological polar surface area (TPSA) is 93.0 Å². The van der Waals surface area contributed by atoms with Crippen LogP contribution in [0, 0.1) is 5.92 Å². The van der Waals surface area contributed by atoms with Crippen LogP contribution >= 0.6 is 11.6 Å². The summed E-state index contributed by atoms with van der Waals surface area (Å²) in [6.45, 7) is 3.65. The van der Waals surface area contributed by atoms with Crippen molar-refractivity contribution >= 4 is 40.3 Å². The number of carbonyl (C=O) groups excluding carboxylic acids is 2. The first-order valence-corrected chi connectivity index (χ1v) is 12.0. The number of halogens is 1. The molecule has 0 aliphatic carbocycles. The van der Waals surface area contributed by atoms with E-state index in [1.54, 1.807) is 23.0 Å². The minimum Gasteiger partial charge on any atom is -0.339 e. The molecule has 35 heavy (non-hydrogen) atoms. The number of aryl methyl sites for hydroxylation is 1. The second-order valence-electron chi connectivity index (χ2n) is 8.54. The van der Waals surface area contributed by atoms with E-state index in [0.29, 0.717) is 54.5 Å². The summed E-state index contributed by atoms with van der Waals surface area (Å²) in [5.74, 6) is 0.132. The van der Waals surface area contributed by atoms with Crippen LogP contribution in [0.5, 0.6) is 0 Å². The Morgan fingerprint density at radius 2 is 1.86 bits per heavy atom. The number of likely N-dealkylation sites (tertiary alicyclic amines) is 1. The van der Waals surface area contributed by atoms with E-state index in [-0.39, 0.29) is 17.7 Å². The molecule has 1 aliphatic heterocycles. The van der Waals surface area contributed by atoms with Gasteiger partial charge in [-0.2, -0.15) is 5.10 Å². The van der Waals surface area contributed by atoms with Gasteiger partial charge in [0.1, 0.15) is 5.82 Å². The summed E-state index contributed by atoms with van der Waals surface area (Å²) in [7, 11) is 0. The van der Waals surface area contributed by atoms with Gasteiger partial charge in [0, 0.05) is 37.3 Å². The minimum atomic E-state index is -0.184. The van der Waals surface area contributed by atoms with Gasteiger partial charge in [0.05, 0.1) is 27.9 Å². The van der Waals surface area contributed by atoms with Gasteiger partial charge in [0.15, 0.2) is 5.65 Å². The van der Waals surface area contributed by atoms with Gasteiger partial charge in [-0.05, 0) is 38.0 Å². The molecule has 0 unspecified atom stereocenters. The van der Waals surface area contributed by atoms with Crippen molar-refractivity contribution in [3.63, 3.8) is 0 Å². The summed E-state index contributed by atoms with van der Waals surface area (Å²) in [6.07, 6.45) is 4.38. The van der Waals surface area contributed by atoms with Crippen molar-refractivity contribution < 1.29 is 9.59 Å². The van der Waals surface area contributed by atoms with Crippen LogP contribution in [0.2, 0.25) is 5.02 Å². The van der Waals surface area contributed by atoms with Crippen LogP contribution in [-0.2, 0) is 11.3 Å². The number of fused-ring (bicyclic) bond motifs is 1. The van der Waals surface area contributed by atoms with Gasteiger partial charge in [-0.25, -0.2) is 14.6 Å². The lowest BCUT2D eigenvalue weighted by molar-refractivity contribution is -0.121. The fourth-order valence-electron chi connectivity index (χ4n) is 4.41. The minimum absolute atomic E-state index is 0.0662. The molecule has 2 amide bonds. The summed E-state index contributed by atoms with van der Waals surface area (Å²) in [4.78, 5) is 37.1. The molecule has 0 radical (unpaired) electrons. The molecule has 0 atom stereocenters. The quantitative estimate of drug-likeness (QED) is 0.441. The number of carbonyl (C=O) groups is 2. The third-order valence-electron chi connectivity index (χ3n) is 6.34. The summed E-state index contributed by atoms with van der Waals surface area (Å²) in [5.41, 5.74) is 2.96. The van der Waals surface area contributed by atoms with Gasteiger partial charge < -0.3 is 10.2 Å². The second kappa shape index (κ2) is 9.84. The molecule has 1 saturated heterocycles. The number of aromatic nitrogens is 4. The Bertz CT molecular complexity index is 1360. The van der Waals surface area contributed by atoms with E-state index in [1.165, 1.54) is 6.20 Å². The number of hydrogen-bond donors (Lipinski definition) is 1. The lowest BCUT2D eigenvalue weighted by Gasteiger charge is -2.31. The summed E-state index contributed by atoms with van der Waals surface area (Å²) in [5, 5.41) is 8.53. The molecule has 5 rings (SSSR count). The Hall–Kier alpha value is -3.78. The van der Waals surface area contributed by atoms with Gasteiger partial charge in [-0.15, -0.1) is 0 Å². The zero-order chi connectivity index (χ0) is 24.4. The SMILES string of the molecule is CCn1ncc2c(C(=O)N3CCC(C(=O)Nc4ccc(Cl)cn4)CC3)cc(-c3ccccc3)nc21. The Kier molecular flexibility index (Phi) is 6.46. The highest BCUT2D eigenvalue weighted by Crippen LogP contribution is 2.28. The smallest absolute Gasteiger partial charge is 0.254 e. The maximum atomic E-state index is 13.6. The van der Waals surface area contributed by atoms with Crippen LogP contribution in [0.4, 0.5) is 5.82 Å². The molecule has 178 valence electrons. The Morgan fingerprint density at radius 3 is 2.54 bits per heavy atom. The first-order chi connectivity index (χ1) is 17.0. The fourth-order valence-corrected chi connectivity index (χ4v) is 4.52. The van der Waals surface area contributed by atoms with Crippen molar-refractivity contribution in [3.8, 4) is 11.3 Å². The number of nitrogens with one attached hydrogen (secondary N) is 1. The van der Waals surface area contributed by atoms with Crippen LogP contribution in [0.25, 0.3) is 22.3 Å². The largest absolute Gasteiger partial charge is 0.339 e. The highest BCUT2D eigenvalue weighted by atomic mass is 35.5. The molecule has 3 aromatic heterocycles. The lowest BCUT2D eigenvalue weighted by Crippen LogP contribution is -2.41. The maximum Gasteiger partial charge on any atom is 0.254 e. The second-order valence-corrected chi connectivity index (χ2v) is 8.97. The summed E-state index contributed by atoms with van der Waals surface area (Å²) < 4.78 is 1.81. The highest BCUT2D eigenvalue weighted by molar-refractivity contribution is 6.30. The van der Waals surface area contributed by atoms with E-state index in [2.05, 4.69) is 15.4 Å². The maximum absolute atomic E-state index is 13.6. The van der Waals surface area contributed by atoms with Gasteiger partial charge in [-0.3, -0.25) is 9.59 Å². The van der Waals surface area contributed by atoms with E-state index in [1.807, 2.05) is 48.2 Å². The molecule has 1 N–H and O–H groups in total. The van der Waals surface area contributed by atoms with Crippen molar-refractivity contribution in [3.05, 3.63) is 71.5 Å². The van der Waals surface area contributed by atoms with Gasteiger partial charge in [0.25, 0.3) is 5.91 Å². The van der Waals surface area contributed by atoms with Crippen LogP contribution in [0.1, 0.15) is 30.1 Å². The molecule has 0 spiro atoms. The van der Waals surface area contributed by atoms with Crippen LogP contribution in [-0.4, -0.2) is 49.6 Å². The summed E-state index contributed by atoms with van der Waals surface area (Å²) in [6, 6.07) is 15.0. The molecule has 0 bridgehead atoms. The van der Waals surface area contributed by atoms with E-state index in [9.17, 15) is 9.59 Å². The Balaban J connectivity index is 1.34. The third-order valence-corrected chi connectivity index (χ3v) is 6.56. The van der Waals surface area contributed by atoms with Crippen LogP contribution in [0.3, 0.4) is 0 Å². The molecule has 1 fully saturated rings. The number of benzene rings is 1. The number of amides is 2. The van der Waals surface area contributed by atoms with Crippen LogP contribution < -0.4 is 5.32 Å². The number of hydrogen-bond acceptors (Lipinski definition) is 5. The fraction of sp³-hybridized carbons (Fsp3) is 0.269. The molecule has 4 heterocycles. The van der Waals surface area contributed by atoms with Gasteiger partial charge in [0.2, 0.25) is 5.91 Å². The predicted octanol–water partition coefficient (Wildman–Crippen LogP) is 4.66. The monoisotopic (exact) mass is 488 g/mol. The third kappa shape index (κ3) is 4.74. The van der Waals surface area contributed by atoms with E-state index in [0.717, 1.165) is 16.6 Å². The zero-order valence-corrected chi connectivity index (χ0v) is 20.1. The first-order valence-electron chi connectivity index (χ1n) is 11.7. The van der Waals surface area contributed by atoms with Crippen molar-refractivity contribution in [1.29, 1.82) is 0 Å². The number of nitrogens with zero attached hydrogens (tertiary/aromatic N) is 5. The van der Waals surface area contributed by atoms with Crippen LogP contribution in [0.15, 0.2) is 60.9 Å².